The van der Waals surface area contributed by atoms with Crippen LogP contribution in [-0.2, 0) is 35.7 Å². The van der Waals surface area contributed by atoms with Crippen molar-refractivity contribution in [3.63, 3.8) is 0 Å². The van der Waals surface area contributed by atoms with E-state index in [4.69, 9.17) is 9.47 Å². The van der Waals surface area contributed by atoms with Gasteiger partial charge in [-0.05, 0) is 51.0 Å². The predicted molar refractivity (Wildman–Crippen MR) is 189 cm³/mol. The Balaban J connectivity index is -0.000000702. The Bertz CT molecular complexity index is 1360. The number of fused-ring (bicyclic) bond motifs is 3. The number of nitro groups is 1. The van der Waals surface area contributed by atoms with Crippen molar-refractivity contribution in [3.05, 3.63) is 64.4 Å². The number of methoxy groups -OCH3 is 2. The van der Waals surface area contributed by atoms with E-state index in [2.05, 4.69) is 21.3 Å². The van der Waals surface area contributed by atoms with Crippen molar-refractivity contribution in [2.24, 2.45) is 12.2 Å². The van der Waals surface area contributed by atoms with Gasteiger partial charge in [0.15, 0.2) is 0 Å². The van der Waals surface area contributed by atoms with E-state index in [9.17, 15) is 19.7 Å². The molecule has 0 radical (unpaired) electrons. The summed E-state index contributed by atoms with van der Waals surface area (Å²) in [5.41, 5.74) is 3.24. The fraction of sp³-hybridized carbons (Fsp3) is 0.514. The van der Waals surface area contributed by atoms with E-state index < -0.39 is 10.9 Å². The molecule has 0 saturated heterocycles. The number of nitrogens with zero attached hydrogens (tertiary/aromatic N) is 3. The van der Waals surface area contributed by atoms with Crippen LogP contribution in [0.4, 0.5) is 5.69 Å². The molecule has 11 heteroatoms. The molecule has 1 unspecified atom stereocenters. The molecule has 0 N–H and O–H groups in total. The fourth-order valence-corrected chi connectivity index (χ4v) is 3.49. The number of nitro benzene ring substituents is 1. The number of allylic oxidation sites excluding steroid dienone is 1. The lowest BCUT2D eigenvalue weighted by atomic mass is 10.1. The molecule has 2 aromatic carbocycles. The van der Waals surface area contributed by atoms with Gasteiger partial charge in [-0.1, -0.05) is 66.3 Å². The summed E-state index contributed by atoms with van der Waals surface area (Å²) in [7, 11) is 5.10. The second-order valence-corrected chi connectivity index (χ2v) is 8.92. The van der Waals surface area contributed by atoms with Crippen LogP contribution in [0.15, 0.2) is 53.9 Å². The highest BCUT2D eigenvalue weighted by Gasteiger charge is 2.14. The first kappa shape index (κ1) is 46.2. The van der Waals surface area contributed by atoms with Gasteiger partial charge in [-0.25, -0.2) is 4.79 Å². The molecule has 1 aromatic heterocycles. The van der Waals surface area contributed by atoms with Gasteiger partial charge in [-0.2, -0.15) is 0 Å². The first-order valence-electron chi connectivity index (χ1n) is 15.6. The van der Waals surface area contributed by atoms with E-state index in [0.717, 1.165) is 39.5 Å². The lowest BCUT2D eigenvalue weighted by molar-refractivity contribution is -0.384. The molecule has 3 rings (SSSR count). The molecule has 260 valence electrons. The highest BCUT2D eigenvalue weighted by Crippen LogP contribution is 2.31. The monoisotopic (exact) mass is 647 g/mol. The summed E-state index contributed by atoms with van der Waals surface area (Å²) in [6.45, 7) is 24.5. The molecule has 0 fully saturated rings. The van der Waals surface area contributed by atoms with Gasteiger partial charge >= 0.3 is 11.9 Å². The number of rotatable bonds is 9. The van der Waals surface area contributed by atoms with Gasteiger partial charge in [0.25, 0.3) is 5.69 Å². The maximum Gasteiger partial charge on any atom is 0.331 e. The van der Waals surface area contributed by atoms with Gasteiger partial charge in [0.05, 0.1) is 30.1 Å². The first-order chi connectivity index (χ1) is 21.9. The molecule has 1 heterocycles. The molecule has 0 amide bonds. The molecule has 1 atom stereocenters. The number of aryl methyl sites for hydroxylation is 1. The van der Waals surface area contributed by atoms with Gasteiger partial charge in [0, 0.05) is 61.4 Å². The van der Waals surface area contributed by atoms with Crippen molar-refractivity contribution >= 4 is 45.1 Å². The molecule has 46 heavy (non-hydrogen) atoms. The number of aromatic nitrogens is 1. The third-order valence-electron chi connectivity index (χ3n) is 5.47. The number of oxime groups is 1. The van der Waals surface area contributed by atoms with E-state index in [1.807, 2.05) is 85.2 Å². The zero-order chi connectivity index (χ0) is 36.4. The minimum Gasteiger partial charge on any atom is -0.502 e. The largest absolute Gasteiger partial charge is 0.502 e. The van der Waals surface area contributed by atoms with Gasteiger partial charge in [0.1, 0.15) is 6.10 Å². The summed E-state index contributed by atoms with van der Waals surface area (Å²) >= 11 is 0. The van der Waals surface area contributed by atoms with E-state index in [1.54, 1.807) is 40.2 Å². The number of hydrogen-bond acceptors (Lipinski definition) is 9. The van der Waals surface area contributed by atoms with Crippen LogP contribution in [0, 0.1) is 10.1 Å². The summed E-state index contributed by atoms with van der Waals surface area (Å²) in [5.74, 6) is 0.123. The SMILES string of the molecule is C=C(C)OC.CC.CC.CC.CC(=O)O/N=C(\C)c1ccc2c(c1)c1cc([N+](=O)[O-])ccc1n2C.CCCC(=O)OC(C)COC. The highest BCUT2D eigenvalue weighted by molar-refractivity contribution is 6.11. The van der Waals surface area contributed by atoms with Crippen molar-refractivity contribution in [3.8, 4) is 0 Å². The summed E-state index contributed by atoms with van der Waals surface area (Å²) in [4.78, 5) is 37.0. The average molecular weight is 648 g/mol. The van der Waals surface area contributed by atoms with E-state index in [0.29, 0.717) is 18.7 Å². The maximum absolute atomic E-state index is 11.0. The molecule has 0 bridgehead atoms. The third kappa shape index (κ3) is 17.3. The highest BCUT2D eigenvalue weighted by atomic mass is 16.7. The topological polar surface area (TPSA) is 131 Å². The van der Waals surface area contributed by atoms with Crippen LogP contribution in [0.3, 0.4) is 0 Å². The predicted octanol–water partition coefficient (Wildman–Crippen LogP) is 9.14. The van der Waals surface area contributed by atoms with Crippen LogP contribution in [0.1, 0.15) is 94.6 Å². The Kier molecular flexibility index (Phi) is 27.2. The number of benzene rings is 2. The minimum absolute atomic E-state index is 0.0469. The standard InChI is InChI=1S/C17H15N3O4.C8H16O3.C4H8O.3C2H6/c1-10(18-24-11(2)21)12-4-6-16-14(8-12)15-9-13(20(22)23)5-7-17(15)19(16)3;1-4-5-8(9)11-7(2)6-10-3;1-4(2)5-3;3*1-2/h4-9H,1-3H3;7H,4-6H2,1-3H3;1H2,2-3H3;3*1-2H3/b18-10+;;;;;. The smallest absolute Gasteiger partial charge is 0.331 e. The first-order valence-corrected chi connectivity index (χ1v) is 15.6. The Morgan fingerprint density at radius 1 is 0.957 bits per heavy atom. The Labute approximate surface area is 275 Å². The van der Waals surface area contributed by atoms with Crippen molar-refractivity contribution in [2.45, 2.75) is 95.1 Å². The van der Waals surface area contributed by atoms with Crippen LogP contribution in [-0.4, -0.2) is 54.1 Å². The molecule has 0 aliphatic carbocycles. The van der Waals surface area contributed by atoms with Crippen molar-refractivity contribution in [2.75, 3.05) is 20.8 Å². The normalized spacial score (nSPS) is 10.3. The minimum atomic E-state index is -0.490. The summed E-state index contributed by atoms with van der Waals surface area (Å²) in [6.07, 6.45) is 1.20. The van der Waals surface area contributed by atoms with Gasteiger partial charge in [-0.3, -0.25) is 14.9 Å². The summed E-state index contributed by atoms with van der Waals surface area (Å²) in [5, 5.41) is 16.5. The molecule has 0 spiro atoms. The Morgan fingerprint density at radius 3 is 1.89 bits per heavy atom. The number of hydrogen-bond donors (Lipinski definition) is 0. The Morgan fingerprint density at radius 2 is 1.46 bits per heavy atom. The second kappa shape index (κ2) is 27.1. The lowest BCUT2D eigenvalue weighted by Crippen LogP contribution is -2.19. The molecule has 0 aliphatic heterocycles. The van der Waals surface area contributed by atoms with E-state index in [1.165, 1.54) is 13.0 Å². The zero-order valence-corrected chi connectivity index (χ0v) is 30.5. The third-order valence-corrected chi connectivity index (χ3v) is 5.47. The summed E-state index contributed by atoms with van der Waals surface area (Å²) < 4.78 is 16.3. The van der Waals surface area contributed by atoms with Crippen LogP contribution in [0.5, 0.6) is 0 Å². The summed E-state index contributed by atoms with van der Waals surface area (Å²) in [6, 6.07) is 10.5. The average Bonchev–Trinajstić information content (AvgIpc) is 3.33. The van der Waals surface area contributed by atoms with Gasteiger partial charge < -0.3 is 23.6 Å². The zero-order valence-electron chi connectivity index (χ0n) is 30.5. The van der Waals surface area contributed by atoms with E-state index in [-0.39, 0.29) is 17.8 Å². The van der Waals surface area contributed by atoms with Gasteiger partial charge in [0.2, 0.25) is 0 Å². The van der Waals surface area contributed by atoms with Crippen molar-refractivity contribution in [1.29, 1.82) is 0 Å². The molecule has 11 nitrogen and oxygen atoms in total. The molecular weight excluding hydrogens is 590 g/mol. The van der Waals surface area contributed by atoms with Crippen molar-refractivity contribution < 1.29 is 33.6 Å². The second-order valence-electron chi connectivity index (χ2n) is 8.92. The molecule has 0 saturated carbocycles. The number of carbonyl (C=O) groups excluding carboxylic acids is 2. The number of carbonyl (C=O) groups is 2. The van der Waals surface area contributed by atoms with Crippen LogP contribution in [0.25, 0.3) is 21.8 Å². The number of ether oxygens (including phenoxy) is 3. The fourth-order valence-electron chi connectivity index (χ4n) is 3.49. The molecule has 3 aromatic rings. The quantitative estimate of drug-likeness (QED) is 0.0561. The number of esters is 1. The lowest BCUT2D eigenvalue weighted by Gasteiger charge is -2.10. The van der Waals surface area contributed by atoms with Crippen molar-refractivity contribution in [1.82, 2.24) is 4.57 Å². The Hall–Kier alpha value is -4.25. The van der Waals surface area contributed by atoms with E-state index >= 15 is 0 Å². The van der Waals surface area contributed by atoms with Gasteiger partial charge in [-0.15, -0.1) is 0 Å². The molecule has 0 aliphatic rings. The van der Waals surface area contributed by atoms with Crippen LogP contribution < -0.4 is 0 Å². The van der Waals surface area contributed by atoms with Crippen LogP contribution >= 0.6 is 0 Å². The van der Waals surface area contributed by atoms with Crippen LogP contribution in [0.2, 0.25) is 0 Å². The maximum atomic E-state index is 11.0. The number of non-ortho nitro benzene ring substituents is 1. The molecular formula is C35H57N3O8.